The van der Waals surface area contributed by atoms with Gasteiger partial charge in [0.25, 0.3) is 0 Å². The Hall–Kier alpha value is -1.86. The lowest BCUT2D eigenvalue weighted by Crippen LogP contribution is -2.13. The van der Waals surface area contributed by atoms with Crippen LogP contribution in [0.2, 0.25) is 0 Å². The van der Waals surface area contributed by atoms with E-state index in [1.54, 1.807) is 7.11 Å². The van der Waals surface area contributed by atoms with Crippen LogP contribution in [0.4, 0.5) is 0 Å². The van der Waals surface area contributed by atoms with Gasteiger partial charge in [-0.3, -0.25) is 0 Å². The molecule has 25 heavy (non-hydrogen) atoms. The largest absolute Gasteiger partial charge is 0.380 e. The number of rotatable bonds is 7. The minimum Gasteiger partial charge on any atom is -0.380 e. The number of ether oxygens (including phenoxy) is 1. The van der Waals surface area contributed by atoms with Gasteiger partial charge in [0, 0.05) is 7.11 Å². The molecular weight excluding hydrogens is 304 g/mol. The summed E-state index contributed by atoms with van der Waals surface area (Å²) in [7, 11) is 1.74. The van der Waals surface area contributed by atoms with Crippen LogP contribution in [0.25, 0.3) is 11.1 Å². The molecule has 3 rings (SSSR count). The Morgan fingerprint density at radius 2 is 1.52 bits per heavy atom. The topological polar surface area (TPSA) is 9.23 Å². The van der Waals surface area contributed by atoms with Gasteiger partial charge in [-0.2, -0.15) is 0 Å². The Morgan fingerprint density at radius 1 is 0.920 bits per heavy atom. The van der Waals surface area contributed by atoms with E-state index in [0.29, 0.717) is 6.61 Å². The predicted octanol–water partition coefficient (Wildman–Crippen LogP) is 6.74. The summed E-state index contributed by atoms with van der Waals surface area (Å²) in [5.74, 6) is 1.66. The summed E-state index contributed by atoms with van der Waals surface area (Å²) in [4.78, 5) is 0. The average Bonchev–Trinajstić information content (AvgIpc) is 2.68. The van der Waals surface area contributed by atoms with Crippen molar-refractivity contribution in [3.63, 3.8) is 0 Å². The molecule has 1 aliphatic carbocycles. The first-order valence-corrected chi connectivity index (χ1v) is 9.59. The summed E-state index contributed by atoms with van der Waals surface area (Å²) in [6, 6.07) is 17.9. The molecule has 132 valence electrons. The Morgan fingerprint density at radius 3 is 2.08 bits per heavy atom. The lowest BCUT2D eigenvalue weighted by molar-refractivity contribution is 0.185. The molecule has 0 aliphatic heterocycles. The SMILES string of the molecule is C=CCCC1CCC(c2ccc(-c3ccc(COC)cc3)cc2)CC1. The van der Waals surface area contributed by atoms with E-state index in [1.807, 2.05) is 0 Å². The molecule has 1 saturated carbocycles. The molecule has 1 aliphatic rings. The fourth-order valence-corrected chi connectivity index (χ4v) is 4.05. The Bertz CT molecular complexity index is 645. The van der Waals surface area contributed by atoms with Crippen LogP contribution in [0.3, 0.4) is 0 Å². The molecule has 0 unspecified atom stereocenters. The van der Waals surface area contributed by atoms with Gasteiger partial charge in [-0.15, -0.1) is 6.58 Å². The second kappa shape index (κ2) is 9.01. The lowest BCUT2D eigenvalue weighted by Gasteiger charge is -2.28. The highest BCUT2D eigenvalue weighted by Gasteiger charge is 2.21. The van der Waals surface area contributed by atoms with Crippen LogP contribution in [0.15, 0.2) is 61.2 Å². The minimum absolute atomic E-state index is 0.675. The molecule has 0 heterocycles. The van der Waals surface area contributed by atoms with Crippen molar-refractivity contribution in [3.8, 4) is 11.1 Å². The highest BCUT2D eigenvalue weighted by Crippen LogP contribution is 2.38. The Kier molecular flexibility index (Phi) is 6.47. The van der Waals surface area contributed by atoms with Crippen molar-refractivity contribution in [2.45, 2.75) is 51.0 Å². The fraction of sp³-hybridized carbons (Fsp3) is 0.417. The maximum absolute atomic E-state index is 5.18. The lowest BCUT2D eigenvalue weighted by atomic mass is 9.77. The van der Waals surface area contributed by atoms with Gasteiger partial charge in [-0.05, 0) is 72.6 Å². The Balaban J connectivity index is 1.60. The number of methoxy groups -OCH3 is 1. The zero-order valence-corrected chi connectivity index (χ0v) is 15.4. The van der Waals surface area contributed by atoms with Gasteiger partial charge >= 0.3 is 0 Å². The molecule has 0 N–H and O–H groups in total. The molecule has 0 radical (unpaired) electrons. The highest BCUT2D eigenvalue weighted by molar-refractivity contribution is 5.64. The van der Waals surface area contributed by atoms with Crippen LogP contribution in [0.1, 0.15) is 55.6 Å². The van der Waals surface area contributed by atoms with Gasteiger partial charge in [0.2, 0.25) is 0 Å². The average molecular weight is 335 g/mol. The molecule has 2 aromatic rings. The molecule has 0 atom stereocenters. The maximum atomic E-state index is 5.18. The van der Waals surface area contributed by atoms with Crippen LogP contribution in [0.5, 0.6) is 0 Å². The number of hydrogen-bond donors (Lipinski definition) is 0. The third-order valence-electron chi connectivity index (χ3n) is 5.61. The third-order valence-corrected chi connectivity index (χ3v) is 5.61. The van der Waals surface area contributed by atoms with Gasteiger partial charge in [-0.25, -0.2) is 0 Å². The van der Waals surface area contributed by atoms with Crippen molar-refractivity contribution >= 4 is 0 Å². The quantitative estimate of drug-likeness (QED) is 0.509. The first-order valence-electron chi connectivity index (χ1n) is 9.59. The normalized spacial score (nSPS) is 20.4. The fourth-order valence-electron chi connectivity index (χ4n) is 4.05. The minimum atomic E-state index is 0.675. The zero-order valence-electron chi connectivity index (χ0n) is 15.4. The van der Waals surface area contributed by atoms with Crippen molar-refractivity contribution in [2.75, 3.05) is 7.11 Å². The van der Waals surface area contributed by atoms with E-state index in [2.05, 4.69) is 61.2 Å². The summed E-state index contributed by atoms with van der Waals surface area (Å²) in [5, 5.41) is 0. The molecule has 0 bridgehead atoms. The summed E-state index contributed by atoms with van der Waals surface area (Å²) in [5.41, 5.74) is 5.31. The van der Waals surface area contributed by atoms with Gasteiger partial charge in [0.15, 0.2) is 0 Å². The first kappa shape index (κ1) is 17.9. The molecule has 1 heteroatoms. The van der Waals surface area contributed by atoms with Crippen molar-refractivity contribution in [1.82, 2.24) is 0 Å². The molecule has 1 nitrogen and oxygen atoms in total. The number of hydrogen-bond acceptors (Lipinski definition) is 1. The predicted molar refractivity (Wildman–Crippen MR) is 107 cm³/mol. The third kappa shape index (κ3) is 4.83. The van der Waals surface area contributed by atoms with Crippen LogP contribution in [-0.2, 0) is 11.3 Å². The molecular formula is C24H30O. The van der Waals surface area contributed by atoms with E-state index >= 15 is 0 Å². The van der Waals surface area contributed by atoms with Gasteiger partial charge < -0.3 is 4.74 Å². The molecule has 0 saturated heterocycles. The molecule has 0 amide bonds. The summed E-state index contributed by atoms with van der Waals surface area (Å²) >= 11 is 0. The van der Waals surface area contributed by atoms with Crippen molar-refractivity contribution in [3.05, 3.63) is 72.3 Å². The van der Waals surface area contributed by atoms with Crippen LogP contribution in [-0.4, -0.2) is 7.11 Å². The smallest absolute Gasteiger partial charge is 0.0713 e. The van der Waals surface area contributed by atoms with Gasteiger partial charge in [0.05, 0.1) is 6.61 Å². The molecule has 1 fully saturated rings. The summed E-state index contributed by atoms with van der Waals surface area (Å²) in [6.45, 7) is 4.52. The molecule has 0 aromatic heterocycles. The van der Waals surface area contributed by atoms with Crippen molar-refractivity contribution in [1.29, 1.82) is 0 Å². The molecule has 2 aromatic carbocycles. The van der Waals surface area contributed by atoms with E-state index in [4.69, 9.17) is 4.74 Å². The van der Waals surface area contributed by atoms with Crippen LogP contribution in [0, 0.1) is 5.92 Å². The second-order valence-electron chi connectivity index (χ2n) is 7.34. The summed E-state index contributed by atoms with van der Waals surface area (Å²) in [6.07, 6.45) is 10.00. The van der Waals surface area contributed by atoms with E-state index in [9.17, 15) is 0 Å². The van der Waals surface area contributed by atoms with E-state index in [1.165, 1.54) is 60.8 Å². The second-order valence-corrected chi connectivity index (χ2v) is 7.34. The highest BCUT2D eigenvalue weighted by atomic mass is 16.5. The first-order chi connectivity index (χ1) is 12.3. The van der Waals surface area contributed by atoms with Crippen LogP contribution >= 0.6 is 0 Å². The van der Waals surface area contributed by atoms with Crippen molar-refractivity contribution in [2.24, 2.45) is 5.92 Å². The van der Waals surface area contributed by atoms with E-state index in [-0.39, 0.29) is 0 Å². The molecule has 0 spiro atoms. The Labute approximate surface area is 152 Å². The summed E-state index contributed by atoms with van der Waals surface area (Å²) < 4.78 is 5.18. The zero-order chi connectivity index (χ0) is 17.5. The standard InChI is InChI=1S/C24H30O/c1-3-4-5-19-6-10-21(11-7-19)23-14-16-24(17-15-23)22-12-8-20(9-13-22)18-25-2/h3,8-9,12-17,19,21H,1,4-7,10-11,18H2,2H3. The maximum Gasteiger partial charge on any atom is 0.0713 e. The number of allylic oxidation sites excluding steroid dienone is 1. The number of benzene rings is 2. The monoisotopic (exact) mass is 334 g/mol. The van der Waals surface area contributed by atoms with E-state index in [0.717, 1.165) is 11.8 Å². The van der Waals surface area contributed by atoms with Gasteiger partial charge in [0.1, 0.15) is 0 Å². The van der Waals surface area contributed by atoms with Crippen LogP contribution < -0.4 is 0 Å². The van der Waals surface area contributed by atoms with Gasteiger partial charge in [-0.1, -0.05) is 54.6 Å². The van der Waals surface area contributed by atoms with E-state index < -0.39 is 0 Å². The van der Waals surface area contributed by atoms with Crippen molar-refractivity contribution < 1.29 is 4.74 Å².